The highest BCUT2D eigenvalue weighted by atomic mass is 19.2. The second-order valence-electron chi connectivity index (χ2n) is 5.85. The number of benzene rings is 1. The Morgan fingerprint density at radius 3 is 2.16 bits per heavy atom. The van der Waals surface area contributed by atoms with Crippen molar-refractivity contribution in [3.8, 4) is 0 Å². The zero-order valence-electron chi connectivity index (χ0n) is 11.3. The van der Waals surface area contributed by atoms with Crippen molar-refractivity contribution in [1.29, 1.82) is 0 Å². The first-order valence-corrected chi connectivity index (χ1v) is 6.82. The van der Waals surface area contributed by atoms with Crippen LogP contribution in [0.15, 0.2) is 12.1 Å². The zero-order valence-corrected chi connectivity index (χ0v) is 11.3. The molecule has 1 N–H and O–H groups in total. The molecule has 19 heavy (non-hydrogen) atoms. The first kappa shape index (κ1) is 14.4. The van der Waals surface area contributed by atoms with Crippen LogP contribution in [-0.2, 0) is 6.54 Å². The van der Waals surface area contributed by atoms with Gasteiger partial charge in [0.05, 0.1) is 0 Å². The minimum absolute atomic E-state index is 0.185. The summed E-state index contributed by atoms with van der Waals surface area (Å²) in [7, 11) is 0. The van der Waals surface area contributed by atoms with Crippen LogP contribution in [0, 0.1) is 29.3 Å². The average molecular weight is 271 g/mol. The Morgan fingerprint density at radius 2 is 1.53 bits per heavy atom. The van der Waals surface area contributed by atoms with Crippen LogP contribution in [0.25, 0.3) is 0 Å². The smallest absolute Gasteiger partial charge is 0.161 e. The van der Waals surface area contributed by atoms with Crippen molar-refractivity contribution < 1.29 is 13.2 Å². The molecule has 0 bridgehead atoms. The fourth-order valence-electron chi connectivity index (χ4n) is 3.07. The predicted molar refractivity (Wildman–Crippen MR) is 69.1 cm³/mol. The molecule has 4 heteroatoms. The molecule has 1 aliphatic rings. The maximum Gasteiger partial charge on any atom is 0.161 e. The van der Waals surface area contributed by atoms with E-state index in [-0.39, 0.29) is 12.1 Å². The second-order valence-corrected chi connectivity index (χ2v) is 5.85. The van der Waals surface area contributed by atoms with Gasteiger partial charge in [-0.3, -0.25) is 0 Å². The van der Waals surface area contributed by atoms with E-state index in [9.17, 15) is 13.2 Å². The summed E-state index contributed by atoms with van der Waals surface area (Å²) < 4.78 is 39.4. The Balaban J connectivity index is 1.97. The molecule has 0 aromatic heterocycles. The van der Waals surface area contributed by atoms with Crippen molar-refractivity contribution in [3.63, 3.8) is 0 Å². The lowest BCUT2D eigenvalue weighted by Gasteiger charge is -2.32. The van der Waals surface area contributed by atoms with E-state index >= 15 is 0 Å². The quantitative estimate of drug-likeness (QED) is 0.819. The van der Waals surface area contributed by atoms with E-state index in [4.69, 9.17) is 0 Å². The van der Waals surface area contributed by atoms with Crippen molar-refractivity contribution in [2.45, 2.75) is 45.7 Å². The monoisotopic (exact) mass is 271 g/mol. The molecule has 0 spiro atoms. The number of nitrogens with one attached hydrogen (secondary N) is 1. The van der Waals surface area contributed by atoms with Gasteiger partial charge in [-0.1, -0.05) is 13.8 Å². The van der Waals surface area contributed by atoms with Gasteiger partial charge in [0.15, 0.2) is 11.6 Å². The van der Waals surface area contributed by atoms with E-state index in [1.807, 2.05) is 0 Å². The summed E-state index contributed by atoms with van der Waals surface area (Å²) in [6, 6.07) is 1.87. The first-order valence-electron chi connectivity index (χ1n) is 6.82. The highest BCUT2D eigenvalue weighted by Gasteiger charge is 2.23. The molecule has 0 saturated heterocycles. The minimum atomic E-state index is -1.14. The molecular formula is C15H20F3N. The lowest BCUT2D eigenvalue weighted by molar-refractivity contribution is 0.237. The van der Waals surface area contributed by atoms with Gasteiger partial charge in [-0.2, -0.15) is 0 Å². The average Bonchev–Trinajstić information content (AvgIpc) is 2.31. The van der Waals surface area contributed by atoms with E-state index in [0.29, 0.717) is 23.9 Å². The third-order valence-electron chi connectivity index (χ3n) is 3.85. The first-order chi connectivity index (χ1) is 8.95. The highest BCUT2D eigenvalue weighted by Crippen LogP contribution is 2.28. The second kappa shape index (κ2) is 5.95. The van der Waals surface area contributed by atoms with E-state index < -0.39 is 17.5 Å². The van der Waals surface area contributed by atoms with E-state index in [1.54, 1.807) is 0 Å². The molecule has 1 aromatic carbocycles. The summed E-state index contributed by atoms with van der Waals surface area (Å²) in [5.41, 5.74) is 0.185. The lowest BCUT2D eigenvalue weighted by atomic mass is 9.80. The Hall–Kier alpha value is -1.03. The van der Waals surface area contributed by atoms with Crippen LogP contribution in [0.4, 0.5) is 13.2 Å². The van der Waals surface area contributed by atoms with Crippen LogP contribution in [0.1, 0.15) is 38.7 Å². The summed E-state index contributed by atoms with van der Waals surface area (Å²) in [5.74, 6) is -1.53. The summed E-state index contributed by atoms with van der Waals surface area (Å²) in [4.78, 5) is 0. The normalized spacial score (nSPS) is 27.5. The summed E-state index contributed by atoms with van der Waals surface area (Å²) in [6.45, 7) is 4.66. The van der Waals surface area contributed by atoms with Gasteiger partial charge < -0.3 is 5.32 Å². The maximum absolute atomic E-state index is 13.5. The fraction of sp³-hybridized carbons (Fsp3) is 0.600. The number of rotatable bonds is 3. The minimum Gasteiger partial charge on any atom is -0.310 e. The molecule has 2 unspecified atom stereocenters. The molecule has 1 aromatic rings. The molecule has 2 atom stereocenters. The van der Waals surface area contributed by atoms with Crippen molar-refractivity contribution in [1.82, 2.24) is 5.32 Å². The van der Waals surface area contributed by atoms with Crippen molar-refractivity contribution in [3.05, 3.63) is 35.1 Å². The van der Waals surface area contributed by atoms with Crippen LogP contribution in [0.5, 0.6) is 0 Å². The molecular weight excluding hydrogens is 251 g/mol. The Labute approximate surface area is 112 Å². The SMILES string of the molecule is CC1CC(C)CC(NCc2cc(F)c(F)cc2F)C1. The van der Waals surface area contributed by atoms with Gasteiger partial charge >= 0.3 is 0 Å². The Morgan fingerprint density at radius 1 is 0.947 bits per heavy atom. The molecule has 1 aliphatic carbocycles. The van der Waals surface area contributed by atoms with Gasteiger partial charge in [0.2, 0.25) is 0 Å². The molecule has 0 aliphatic heterocycles. The molecule has 2 rings (SSSR count). The number of hydrogen-bond acceptors (Lipinski definition) is 1. The summed E-state index contributed by atoms with van der Waals surface area (Å²) >= 11 is 0. The van der Waals surface area contributed by atoms with Crippen LogP contribution in [0.2, 0.25) is 0 Å². The van der Waals surface area contributed by atoms with E-state index in [2.05, 4.69) is 19.2 Å². The molecule has 106 valence electrons. The van der Waals surface area contributed by atoms with Gasteiger partial charge in [-0.15, -0.1) is 0 Å². The molecule has 1 nitrogen and oxygen atoms in total. The zero-order chi connectivity index (χ0) is 14.0. The van der Waals surface area contributed by atoms with E-state index in [1.165, 1.54) is 6.42 Å². The van der Waals surface area contributed by atoms with E-state index in [0.717, 1.165) is 18.9 Å². The maximum atomic E-state index is 13.5. The number of hydrogen-bond donors (Lipinski definition) is 1. The molecule has 0 radical (unpaired) electrons. The van der Waals surface area contributed by atoms with Gasteiger partial charge in [0.1, 0.15) is 5.82 Å². The third-order valence-corrected chi connectivity index (χ3v) is 3.85. The van der Waals surface area contributed by atoms with Crippen LogP contribution in [0.3, 0.4) is 0 Å². The van der Waals surface area contributed by atoms with Crippen LogP contribution in [-0.4, -0.2) is 6.04 Å². The number of halogens is 3. The molecule has 1 saturated carbocycles. The molecule has 0 heterocycles. The predicted octanol–water partition coefficient (Wildman–Crippen LogP) is 4.02. The van der Waals surface area contributed by atoms with Gasteiger partial charge in [0, 0.05) is 24.2 Å². The van der Waals surface area contributed by atoms with Gasteiger partial charge in [0.25, 0.3) is 0 Å². The molecule has 0 amide bonds. The topological polar surface area (TPSA) is 12.0 Å². The fourth-order valence-corrected chi connectivity index (χ4v) is 3.07. The molecule has 1 fully saturated rings. The lowest BCUT2D eigenvalue weighted by Crippen LogP contribution is -2.36. The van der Waals surface area contributed by atoms with Gasteiger partial charge in [-0.05, 0) is 37.2 Å². The van der Waals surface area contributed by atoms with Crippen LogP contribution >= 0.6 is 0 Å². The highest BCUT2D eigenvalue weighted by molar-refractivity contribution is 5.20. The van der Waals surface area contributed by atoms with Crippen molar-refractivity contribution in [2.75, 3.05) is 0 Å². The summed E-state index contributed by atoms with van der Waals surface area (Å²) in [5, 5.41) is 3.26. The largest absolute Gasteiger partial charge is 0.310 e. The van der Waals surface area contributed by atoms with Crippen LogP contribution < -0.4 is 5.32 Å². The van der Waals surface area contributed by atoms with Crippen molar-refractivity contribution >= 4 is 0 Å². The van der Waals surface area contributed by atoms with Gasteiger partial charge in [-0.25, -0.2) is 13.2 Å². The third kappa shape index (κ3) is 3.72. The standard InChI is InChI=1S/C15H20F3N/c1-9-3-10(2)5-12(4-9)19-8-11-6-14(17)15(18)7-13(11)16/h6-7,9-10,12,19H,3-5,8H2,1-2H3. The Bertz CT molecular complexity index is 437. The van der Waals surface area contributed by atoms with Crippen molar-refractivity contribution in [2.24, 2.45) is 11.8 Å². The summed E-state index contributed by atoms with van der Waals surface area (Å²) in [6.07, 6.45) is 3.32. The Kier molecular flexibility index (Phi) is 4.50.